The molecule has 3 N–H and O–H groups in total. The number of thioether (sulfide) groups is 1. The largest absolute Gasteiger partial charge is 0.322 e. The Hall–Kier alpha value is -0.550. The first-order chi connectivity index (χ1) is 14.8. The van der Waals surface area contributed by atoms with Crippen LogP contribution in [0.4, 0.5) is 4.79 Å². The summed E-state index contributed by atoms with van der Waals surface area (Å²) in [7, 11) is -3.39. The SMILES string of the molecule is CC1NNC(N2C(=O)N(CC3CCCCC3)C3CCC(S(=O)(=O)NC4(C)CC4)CC32)S1. The number of fused-ring (bicyclic) bond motifs is 1. The molecule has 5 rings (SSSR count). The summed E-state index contributed by atoms with van der Waals surface area (Å²) >= 11 is 1.69. The van der Waals surface area contributed by atoms with E-state index in [4.69, 9.17) is 0 Å². The predicted octanol–water partition coefficient (Wildman–Crippen LogP) is 2.54. The van der Waals surface area contributed by atoms with Crippen LogP contribution in [0.5, 0.6) is 0 Å². The van der Waals surface area contributed by atoms with E-state index in [2.05, 4.69) is 27.4 Å². The fourth-order valence-electron chi connectivity index (χ4n) is 5.91. The zero-order valence-corrected chi connectivity index (χ0v) is 20.3. The van der Waals surface area contributed by atoms with Crippen molar-refractivity contribution in [1.29, 1.82) is 0 Å². The van der Waals surface area contributed by atoms with Crippen LogP contribution in [0.3, 0.4) is 0 Å². The van der Waals surface area contributed by atoms with Gasteiger partial charge in [0, 0.05) is 12.1 Å². The number of urea groups is 1. The van der Waals surface area contributed by atoms with Crippen LogP contribution in [-0.2, 0) is 10.0 Å². The number of carbonyl (C=O) groups is 1. The number of sulfonamides is 1. The van der Waals surface area contributed by atoms with Crippen LogP contribution in [0, 0.1) is 5.92 Å². The van der Waals surface area contributed by atoms with Crippen molar-refractivity contribution in [3.05, 3.63) is 0 Å². The number of nitrogens with zero attached hydrogens (tertiary/aromatic N) is 2. The molecule has 0 aromatic heterocycles. The topological polar surface area (TPSA) is 93.8 Å². The summed E-state index contributed by atoms with van der Waals surface area (Å²) in [5.41, 5.74) is 6.07. The van der Waals surface area contributed by atoms with E-state index in [0.29, 0.717) is 18.8 Å². The molecule has 2 saturated heterocycles. The Morgan fingerprint density at radius 2 is 1.84 bits per heavy atom. The second kappa shape index (κ2) is 8.34. The van der Waals surface area contributed by atoms with Gasteiger partial charge >= 0.3 is 6.03 Å². The van der Waals surface area contributed by atoms with E-state index in [1.54, 1.807) is 11.8 Å². The molecule has 0 aromatic carbocycles. The van der Waals surface area contributed by atoms with Gasteiger partial charge in [0.25, 0.3) is 0 Å². The van der Waals surface area contributed by atoms with Gasteiger partial charge < -0.3 is 4.90 Å². The maximum atomic E-state index is 13.6. The minimum atomic E-state index is -3.39. The molecule has 0 aromatic rings. The zero-order valence-electron chi connectivity index (χ0n) is 18.7. The number of hydrogen-bond acceptors (Lipinski definition) is 6. The van der Waals surface area contributed by atoms with Crippen molar-refractivity contribution in [3.8, 4) is 0 Å². The van der Waals surface area contributed by atoms with Crippen LogP contribution in [0.2, 0.25) is 0 Å². The van der Waals surface area contributed by atoms with Crippen molar-refractivity contribution in [2.24, 2.45) is 5.92 Å². The molecule has 2 amide bonds. The van der Waals surface area contributed by atoms with Gasteiger partial charge in [0.1, 0.15) is 5.50 Å². The van der Waals surface area contributed by atoms with E-state index in [9.17, 15) is 13.2 Å². The molecule has 10 heteroatoms. The molecular formula is C21H37N5O3S2. The van der Waals surface area contributed by atoms with Crippen LogP contribution in [0.15, 0.2) is 0 Å². The van der Waals surface area contributed by atoms with Gasteiger partial charge in [-0.1, -0.05) is 19.3 Å². The van der Waals surface area contributed by atoms with Crippen LogP contribution in [-0.4, -0.2) is 64.5 Å². The number of amides is 2. The van der Waals surface area contributed by atoms with Crippen LogP contribution < -0.4 is 15.6 Å². The maximum Gasteiger partial charge on any atom is 0.322 e. The second-order valence-corrected chi connectivity index (χ2v) is 13.9. The van der Waals surface area contributed by atoms with Gasteiger partial charge in [-0.2, -0.15) is 0 Å². The molecule has 176 valence electrons. The number of nitrogens with one attached hydrogen (secondary N) is 3. The van der Waals surface area contributed by atoms with E-state index < -0.39 is 15.3 Å². The highest BCUT2D eigenvalue weighted by atomic mass is 32.2. The van der Waals surface area contributed by atoms with E-state index in [1.807, 2.05) is 11.8 Å². The standard InChI is InChI=1S/C21H37N5O3S2/c1-14-22-23-19(30-14)26-18-12-16(31(28,29)24-21(2)10-11-21)8-9-17(18)25(20(26)27)13-15-6-4-3-5-7-15/h14-19,22-24H,3-13H2,1-2H3. The smallest absolute Gasteiger partial charge is 0.319 e. The Morgan fingerprint density at radius 3 is 2.48 bits per heavy atom. The highest BCUT2D eigenvalue weighted by Gasteiger charge is 2.54. The average Bonchev–Trinajstić information content (AvgIpc) is 3.18. The van der Waals surface area contributed by atoms with Crippen molar-refractivity contribution in [1.82, 2.24) is 25.4 Å². The Kier molecular flexibility index (Phi) is 5.99. The van der Waals surface area contributed by atoms with Gasteiger partial charge in [0.05, 0.1) is 22.7 Å². The third kappa shape index (κ3) is 4.47. The highest BCUT2D eigenvalue weighted by Crippen LogP contribution is 2.42. The molecule has 8 nitrogen and oxygen atoms in total. The number of hydrazine groups is 1. The van der Waals surface area contributed by atoms with Gasteiger partial charge in [-0.15, -0.1) is 11.8 Å². The van der Waals surface area contributed by atoms with E-state index in [1.165, 1.54) is 32.1 Å². The van der Waals surface area contributed by atoms with E-state index in [0.717, 1.165) is 25.8 Å². The van der Waals surface area contributed by atoms with E-state index >= 15 is 0 Å². The summed E-state index contributed by atoms with van der Waals surface area (Å²) < 4.78 is 29.2. The number of hydrogen-bond donors (Lipinski definition) is 3. The second-order valence-electron chi connectivity index (χ2n) is 10.5. The quantitative estimate of drug-likeness (QED) is 0.551. The lowest BCUT2D eigenvalue weighted by molar-refractivity contribution is 0.163. The lowest BCUT2D eigenvalue weighted by atomic mass is 9.86. The van der Waals surface area contributed by atoms with Crippen LogP contribution in [0.25, 0.3) is 0 Å². The summed E-state index contributed by atoms with van der Waals surface area (Å²) in [5, 5.41) is -0.212. The summed E-state index contributed by atoms with van der Waals surface area (Å²) in [6.45, 7) is 4.88. The van der Waals surface area contributed by atoms with Crippen LogP contribution >= 0.6 is 11.8 Å². The first-order valence-electron chi connectivity index (χ1n) is 12.0. The molecule has 3 aliphatic carbocycles. The summed E-state index contributed by atoms with van der Waals surface area (Å²) in [4.78, 5) is 17.7. The molecule has 2 aliphatic heterocycles. The molecule has 31 heavy (non-hydrogen) atoms. The summed E-state index contributed by atoms with van der Waals surface area (Å²) in [6, 6.07) is 0.146. The molecular weight excluding hydrogens is 434 g/mol. The fraction of sp³-hybridized carbons (Fsp3) is 0.952. The van der Waals surface area contributed by atoms with Crippen molar-refractivity contribution in [2.75, 3.05) is 6.54 Å². The van der Waals surface area contributed by atoms with E-state index in [-0.39, 0.29) is 34.5 Å². The van der Waals surface area contributed by atoms with Gasteiger partial charge in [-0.25, -0.2) is 28.8 Å². The van der Waals surface area contributed by atoms with Crippen LogP contribution in [0.1, 0.15) is 78.1 Å². The third-order valence-corrected chi connectivity index (χ3v) is 11.2. The van der Waals surface area contributed by atoms with Crippen molar-refractivity contribution >= 4 is 27.8 Å². The average molecular weight is 472 g/mol. The van der Waals surface area contributed by atoms with Crippen molar-refractivity contribution < 1.29 is 13.2 Å². The molecule has 3 saturated carbocycles. The van der Waals surface area contributed by atoms with Crippen molar-refractivity contribution in [3.63, 3.8) is 0 Å². The predicted molar refractivity (Wildman–Crippen MR) is 123 cm³/mol. The molecule has 5 unspecified atom stereocenters. The third-order valence-electron chi connectivity index (χ3n) is 7.96. The van der Waals surface area contributed by atoms with Gasteiger partial charge in [0.15, 0.2) is 0 Å². The molecule has 0 spiro atoms. The normalized spacial score (nSPS) is 38.5. The molecule has 2 heterocycles. The summed E-state index contributed by atoms with van der Waals surface area (Å²) in [6.07, 6.45) is 9.99. The number of rotatable bonds is 6. The first-order valence-corrected chi connectivity index (χ1v) is 14.5. The van der Waals surface area contributed by atoms with Gasteiger partial charge in [-0.05, 0) is 64.7 Å². The molecule has 5 aliphatic rings. The molecule has 5 atom stereocenters. The monoisotopic (exact) mass is 471 g/mol. The maximum absolute atomic E-state index is 13.6. The lowest BCUT2D eigenvalue weighted by Gasteiger charge is -2.38. The summed E-state index contributed by atoms with van der Waals surface area (Å²) in [5.74, 6) is 0.581. The number of carbonyl (C=O) groups excluding carboxylic acids is 1. The van der Waals surface area contributed by atoms with Crippen molar-refractivity contribution in [2.45, 2.75) is 112 Å². The lowest BCUT2D eigenvalue weighted by Crippen LogP contribution is -2.53. The Morgan fingerprint density at radius 1 is 1.10 bits per heavy atom. The fourth-order valence-corrected chi connectivity index (χ4v) is 8.90. The minimum absolute atomic E-state index is 0.0597. The molecule has 0 radical (unpaired) electrons. The Labute approximate surface area is 190 Å². The highest BCUT2D eigenvalue weighted by molar-refractivity contribution is 8.00. The minimum Gasteiger partial charge on any atom is -0.319 e. The molecule has 0 bridgehead atoms. The van der Waals surface area contributed by atoms with Gasteiger partial charge in [0.2, 0.25) is 10.0 Å². The Bertz CT molecular complexity index is 799. The Balaban J connectivity index is 1.36. The van der Waals surface area contributed by atoms with Gasteiger partial charge in [-0.3, -0.25) is 4.90 Å². The first kappa shape index (κ1) is 22.3. The molecule has 5 fully saturated rings. The zero-order chi connectivity index (χ0) is 21.8.